The highest BCUT2D eigenvalue weighted by molar-refractivity contribution is 7.16. The van der Waals surface area contributed by atoms with Crippen LogP contribution in [0.4, 0.5) is 0 Å². The summed E-state index contributed by atoms with van der Waals surface area (Å²) in [6.07, 6.45) is 0. The molecule has 0 amide bonds. The molecule has 4 aromatic rings. The zero-order chi connectivity index (χ0) is 13.0. The molecule has 0 unspecified atom stereocenters. The number of furan rings is 1. The Morgan fingerprint density at radius 2 is 2.00 bits per heavy atom. The number of nitrogens with zero attached hydrogens (tertiary/aromatic N) is 4. The van der Waals surface area contributed by atoms with Gasteiger partial charge in [0, 0.05) is 10.9 Å². The summed E-state index contributed by atoms with van der Waals surface area (Å²) in [5.74, 6) is 1.40. The van der Waals surface area contributed by atoms with Gasteiger partial charge in [-0.2, -0.15) is 9.61 Å². The van der Waals surface area contributed by atoms with Crippen LogP contribution >= 0.6 is 11.3 Å². The zero-order valence-corrected chi connectivity index (χ0v) is 11.2. The SMILES string of the molecule is Cc1nn2c(-c3oc4ccccc4c3C)nnc2s1. The normalized spacial score (nSPS) is 11.7. The van der Waals surface area contributed by atoms with Crippen molar-refractivity contribution in [3.63, 3.8) is 0 Å². The van der Waals surface area contributed by atoms with Crippen molar-refractivity contribution in [2.75, 3.05) is 0 Å². The molecule has 5 nitrogen and oxygen atoms in total. The third-order valence-electron chi connectivity index (χ3n) is 3.14. The summed E-state index contributed by atoms with van der Waals surface area (Å²) in [7, 11) is 0. The van der Waals surface area contributed by atoms with Crippen LogP contribution in [0, 0.1) is 13.8 Å². The van der Waals surface area contributed by atoms with Crippen molar-refractivity contribution in [3.05, 3.63) is 34.8 Å². The molecule has 94 valence electrons. The van der Waals surface area contributed by atoms with Gasteiger partial charge in [-0.1, -0.05) is 29.5 Å². The molecule has 0 radical (unpaired) electrons. The van der Waals surface area contributed by atoms with Gasteiger partial charge in [0.05, 0.1) is 0 Å². The Labute approximate surface area is 112 Å². The Balaban J connectivity index is 2.06. The number of fused-ring (bicyclic) bond motifs is 2. The van der Waals surface area contributed by atoms with Crippen molar-refractivity contribution in [1.29, 1.82) is 0 Å². The van der Waals surface area contributed by atoms with E-state index in [2.05, 4.69) is 15.3 Å². The van der Waals surface area contributed by atoms with E-state index in [1.807, 2.05) is 38.1 Å². The van der Waals surface area contributed by atoms with E-state index in [9.17, 15) is 0 Å². The molecule has 3 heterocycles. The molecule has 0 N–H and O–H groups in total. The van der Waals surface area contributed by atoms with Crippen molar-refractivity contribution in [3.8, 4) is 11.6 Å². The van der Waals surface area contributed by atoms with Crippen molar-refractivity contribution in [2.45, 2.75) is 13.8 Å². The predicted molar refractivity (Wildman–Crippen MR) is 73.3 cm³/mol. The van der Waals surface area contributed by atoms with E-state index in [0.29, 0.717) is 5.82 Å². The molecule has 0 saturated carbocycles. The number of hydrogen-bond donors (Lipinski definition) is 0. The summed E-state index contributed by atoms with van der Waals surface area (Å²) in [6.45, 7) is 3.98. The molecule has 19 heavy (non-hydrogen) atoms. The highest BCUT2D eigenvalue weighted by atomic mass is 32.1. The summed E-state index contributed by atoms with van der Waals surface area (Å²) in [5, 5.41) is 14.8. The van der Waals surface area contributed by atoms with Crippen LogP contribution in [0.15, 0.2) is 28.7 Å². The smallest absolute Gasteiger partial charge is 0.235 e. The molecule has 4 rings (SSSR count). The third-order valence-corrected chi connectivity index (χ3v) is 3.95. The Bertz CT molecular complexity index is 902. The first-order valence-electron chi connectivity index (χ1n) is 5.91. The average Bonchev–Trinajstić information content (AvgIpc) is 3.03. The minimum absolute atomic E-state index is 0.660. The first-order valence-corrected chi connectivity index (χ1v) is 6.73. The quantitative estimate of drug-likeness (QED) is 0.533. The van der Waals surface area contributed by atoms with Gasteiger partial charge in [0.2, 0.25) is 10.8 Å². The second-order valence-electron chi connectivity index (χ2n) is 4.39. The highest BCUT2D eigenvalue weighted by Gasteiger charge is 2.19. The number of hydrogen-bond acceptors (Lipinski definition) is 5. The fourth-order valence-corrected chi connectivity index (χ4v) is 2.92. The average molecular weight is 270 g/mol. The summed E-state index contributed by atoms with van der Waals surface area (Å²) in [6, 6.07) is 7.96. The lowest BCUT2D eigenvalue weighted by molar-refractivity contribution is 0.619. The number of para-hydroxylation sites is 1. The van der Waals surface area contributed by atoms with Crippen LogP contribution in [0.5, 0.6) is 0 Å². The molecule has 0 fully saturated rings. The first kappa shape index (κ1) is 10.7. The van der Waals surface area contributed by atoms with E-state index >= 15 is 0 Å². The topological polar surface area (TPSA) is 56.2 Å². The van der Waals surface area contributed by atoms with Crippen molar-refractivity contribution in [2.24, 2.45) is 0 Å². The van der Waals surface area contributed by atoms with Crippen LogP contribution < -0.4 is 0 Å². The third kappa shape index (κ3) is 1.43. The van der Waals surface area contributed by atoms with Gasteiger partial charge in [0.15, 0.2) is 5.76 Å². The lowest BCUT2D eigenvalue weighted by Gasteiger charge is -1.92. The van der Waals surface area contributed by atoms with Gasteiger partial charge in [-0.25, -0.2) is 0 Å². The fraction of sp³-hybridized carbons (Fsp3) is 0.154. The van der Waals surface area contributed by atoms with Gasteiger partial charge in [-0.3, -0.25) is 0 Å². The lowest BCUT2D eigenvalue weighted by Crippen LogP contribution is -1.90. The number of benzene rings is 1. The fourth-order valence-electron chi connectivity index (χ4n) is 2.24. The van der Waals surface area contributed by atoms with Gasteiger partial charge >= 0.3 is 0 Å². The standard InChI is InChI=1S/C13H10N4OS/c1-7-9-5-3-4-6-10(9)18-11(7)12-14-15-13-17(12)16-8(2)19-13/h3-6H,1-2H3. The van der Waals surface area contributed by atoms with E-state index < -0.39 is 0 Å². The van der Waals surface area contributed by atoms with Crippen LogP contribution in [-0.2, 0) is 0 Å². The molecule has 6 heteroatoms. The molecule has 0 saturated heterocycles. The van der Waals surface area contributed by atoms with Crippen LogP contribution in [0.3, 0.4) is 0 Å². The van der Waals surface area contributed by atoms with Crippen LogP contribution in [0.25, 0.3) is 27.5 Å². The number of aromatic nitrogens is 4. The van der Waals surface area contributed by atoms with E-state index in [-0.39, 0.29) is 0 Å². The molecule has 0 atom stereocenters. The zero-order valence-electron chi connectivity index (χ0n) is 10.4. The highest BCUT2D eigenvalue weighted by Crippen LogP contribution is 2.32. The molecule has 0 aliphatic heterocycles. The lowest BCUT2D eigenvalue weighted by atomic mass is 10.1. The monoisotopic (exact) mass is 270 g/mol. The maximum atomic E-state index is 5.90. The van der Waals surface area contributed by atoms with Crippen molar-refractivity contribution >= 4 is 27.3 Å². The summed E-state index contributed by atoms with van der Waals surface area (Å²) >= 11 is 1.52. The van der Waals surface area contributed by atoms with E-state index in [1.165, 1.54) is 11.3 Å². The number of rotatable bonds is 1. The molecule has 1 aromatic carbocycles. The number of aryl methyl sites for hydroxylation is 2. The van der Waals surface area contributed by atoms with Gasteiger partial charge in [-0.05, 0) is 19.9 Å². The Morgan fingerprint density at radius 3 is 2.84 bits per heavy atom. The summed E-state index contributed by atoms with van der Waals surface area (Å²) in [4.78, 5) is 0.785. The van der Waals surface area contributed by atoms with Crippen LogP contribution in [0.1, 0.15) is 10.6 Å². The largest absolute Gasteiger partial charge is 0.452 e. The molecule has 0 aliphatic rings. The van der Waals surface area contributed by atoms with Gasteiger partial charge < -0.3 is 4.42 Å². The predicted octanol–water partition coefficient (Wildman–Crippen LogP) is 3.22. The molecule has 0 aliphatic carbocycles. The summed E-state index contributed by atoms with van der Waals surface area (Å²) < 4.78 is 7.64. The second kappa shape index (κ2) is 3.64. The van der Waals surface area contributed by atoms with Crippen molar-refractivity contribution in [1.82, 2.24) is 19.8 Å². The molecular weight excluding hydrogens is 260 g/mol. The Hall–Kier alpha value is -2.21. The first-order chi connectivity index (χ1) is 9.24. The van der Waals surface area contributed by atoms with Crippen LogP contribution in [-0.4, -0.2) is 19.8 Å². The maximum absolute atomic E-state index is 5.90. The van der Waals surface area contributed by atoms with Gasteiger partial charge in [-0.15, -0.1) is 10.2 Å². The second-order valence-corrected chi connectivity index (χ2v) is 5.55. The van der Waals surface area contributed by atoms with Gasteiger partial charge in [0.1, 0.15) is 10.6 Å². The molecular formula is C13H10N4OS. The maximum Gasteiger partial charge on any atom is 0.235 e. The van der Waals surface area contributed by atoms with Gasteiger partial charge in [0.25, 0.3) is 0 Å². The minimum atomic E-state index is 0.660. The van der Waals surface area contributed by atoms with Crippen LogP contribution in [0.2, 0.25) is 0 Å². The van der Waals surface area contributed by atoms with E-state index in [0.717, 1.165) is 32.3 Å². The molecule has 0 bridgehead atoms. The molecule has 3 aromatic heterocycles. The van der Waals surface area contributed by atoms with E-state index in [4.69, 9.17) is 4.42 Å². The minimum Gasteiger partial charge on any atom is -0.452 e. The van der Waals surface area contributed by atoms with E-state index in [1.54, 1.807) is 4.52 Å². The Morgan fingerprint density at radius 1 is 1.16 bits per heavy atom. The molecule has 0 spiro atoms. The van der Waals surface area contributed by atoms with Crippen molar-refractivity contribution < 1.29 is 4.42 Å². The Kier molecular flexibility index (Phi) is 2.05. The summed E-state index contributed by atoms with van der Waals surface area (Å²) in [5.41, 5.74) is 1.93.